The number of hydrogen-bond acceptors (Lipinski definition) is 2. The minimum absolute atomic E-state index is 0.214. The van der Waals surface area contributed by atoms with E-state index in [9.17, 15) is 4.79 Å². The van der Waals surface area contributed by atoms with Gasteiger partial charge in [-0.2, -0.15) is 0 Å². The van der Waals surface area contributed by atoms with Crippen molar-refractivity contribution >= 4 is 5.97 Å². The largest absolute Gasteiger partial charge is 0.496 e. The van der Waals surface area contributed by atoms with Crippen LogP contribution in [0.3, 0.4) is 0 Å². The molecule has 0 aliphatic carbocycles. The fourth-order valence-electron chi connectivity index (χ4n) is 1.13. The number of methoxy groups -OCH3 is 1. The Morgan fingerprint density at radius 3 is 2.07 bits per heavy atom. The van der Waals surface area contributed by atoms with Crippen LogP contribution in [0.25, 0.3) is 0 Å². The second-order valence-corrected chi connectivity index (χ2v) is 2.94. The van der Waals surface area contributed by atoms with Crippen molar-refractivity contribution in [2.75, 3.05) is 7.11 Å². The summed E-state index contributed by atoms with van der Waals surface area (Å²) in [6.07, 6.45) is 0. The maximum Gasteiger partial charge on any atom is 0.339 e. The molecule has 0 saturated carbocycles. The number of aromatic carboxylic acids is 1. The number of ether oxygens (including phenoxy) is 1. The zero-order valence-electron chi connectivity index (χ0n) is 9.92. The molecule has 0 aromatic heterocycles. The van der Waals surface area contributed by atoms with E-state index >= 15 is 0 Å². The number of hydrogen-bond donors (Lipinski definition) is 1. The molecular formula is C12H18O3. The van der Waals surface area contributed by atoms with Crippen LogP contribution in [-0.2, 0) is 0 Å². The van der Waals surface area contributed by atoms with Gasteiger partial charge in [-0.3, -0.25) is 0 Å². The maximum atomic E-state index is 10.8. The van der Waals surface area contributed by atoms with Crippen LogP contribution in [0.5, 0.6) is 5.75 Å². The Morgan fingerprint density at radius 1 is 1.20 bits per heavy atom. The Labute approximate surface area is 90.7 Å². The monoisotopic (exact) mass is 210 g/mol. The molecule has 0 unspecified atom stereocenters. The van der Waals surface area contributed by atoms with E-state index < -0.39 is 5.97 Å². The normalized spacial score (nSPS) is 8.87. The number of aryl methyl sites for hydroxylation is 2. The molecule has 0 fully saturated rings. The highest BCUT2D eigenvalue weighted by atomic mass is 16.5. The van der Waals surface area contributed by atoms with Gasteiger partial charge in [0.15, 0.2) is 0 Å². The van der Waals surface area contributed by atoms with Gasteiger partial charge in [0.25, 0.3) is 0 Å². The molecule has 15 heavy (non-hydrogen) atoms. The number of carboxylic acids is 1. The highest BCUT2D eigenvalue weighted by Crippen LogP contribution is 2.22. The fraction of sp³-hybridized carbons (Fsp3) is 0.417. The second kappa shape index (κ2) is 6.06. The summed E-state index contributed by atoms with van der Waals surface area (Å²) in [5, 5.41) is 8.83. The predicted molar refractivity (Wildman–Crippen MR) is 60.8 cm³/mol. The molecule has 0 spiro atoms. The molecule has 1 aromatic rings. The van der Waals surface area contributed by atoms with Gasteiger partial charge in [0, 0.05) is 0 Å². The van der Waals surface area contributed by atoms with E-state index in [2.05, 4.69) is 0 Å². The van der Waals surface area contributed by atoms with Crippen molar-refractivity contribution in [2.24, 2.45) is 0 Å². The zero-order valence-corrected chi connectivity index (χ0v) is 9.92. The molecule has 84 valence electrons. The Bertz CT molecular complexity index is 343. The highest BCUT2D eigenvalue weighted by molar-refractivity contribution is 5.91. The average Bonchev–Trinajstić information content (AvgIpc) is 2.24. The lowest BCUT2D eigenvalue weighted by molar-refractivity contribution is 0.0693. The average molecular weight is 210 g/mol. The number of carboxylic acid groups (broad SMARTS) is 1. The minimum Gasteiger partial charge on any atom is -0.496 e. The van der Waals surface area contributed by atoms with E-state index in [-0.39, 0.29) is 5.56 Å². The maximum absolute atomic E-state index is 10.8. The molecule has 0 atom stereocenters. The van der Waals surface area contributed by atoms with Crippen molar-refractivity contribution in [1.29, 1.82) is 0 Å². The topological polar surface area (TPSA) is 46.5 Å². The SMILES string of the molecule is CC.COc1cc(C)c(C)cc1C(=O)O. The Balaban J connectivity index is 0.000000921. The quantitative estimate of drug-likeness (QED) is 0.816. The minimum atomic E-state index is -0.958. The molecule has 3 nitrogen and oxygen atoms in total. The van der Waals surface area contributed by atoms with Crippen LogP contribution in [0.15, 0.2) is 12.1 Å². The highest BCUT2D eigenvalue weighted by Gasteiger charge is 2.11. The van der Waals surface area contributed by atoms with Gasteiger partial charge < -0.3 is 9.84 Å². The predicted octanol–water partition coefficient (Wildman–Crippen LogP) is 3.04. The molecule has 0 radical (unpaired) electrons. The Kier molecular flexibility index (Phi) is 5.45. The number of benzene rings is 1. The summed E-state index contributed by atoms with van der Waals surface area (Å²) in [4.78, 5) is 10.8. The van der Waals surface area contributed by atoms with Gasteiger partial charge in [-0.1, -0.05) is 13.8 Å². The molecule has 0 amide bonds. The molecular weight excluding hydrogens is 192 g/mol. The Morgan fingerprint density at radius 2 is 1.67 bits per heavy atom. The van der Waals surface area contributed by atoms with Crippen LogP contribution < -0.4 is 4.74 Å². The molecule has 3 heteroatoms. The first-order chi connectivity index (χ1) is 7.06. The molecule has 0 aliphatic heterocycles. The van der Waals surface area contributed by atoms with Gasteiger partial charge in [0.1, 0.15) is 11.3 Å². The van der Waals surface area contributed by atoms with E-state index in [0.717, 1.165) is 11.1 Å². The van der Waals surface area contributed by atoms with Gasteiger partial charge in [-0.15, -0.1) is 0 Å². The van der Waals surface area contributed by atoms with Crippen LogP contribution in [0.2, 0.25) is 0 Å². The summed E-state index contributed by atoms with van der Waals surface area (Å²) in [6.45, 7) is 7.80. The third kappa shape index (κ3) is 3.27. The van der Waals surface area contributed by atoms with Crippen molar-refractivity contribution in [1.82, 2.24) is 0 Å². The summed E-state index contributed by atoms with van der Waals surface area (Å²) in [7, 11) is 1.47. The first-order valence-corrected chi connectivity index (χ1v) is 4.94. The summed E-state index contributed by atoms with van der Waals surface area (Å²) in [5.41, 5.74) is 2.20. The zero-order chi connectivity index (χ0) is 12.0. The first kappa shape index (κ1) is 13.5. The smallest absolute Gasteiger partial charge is 0.339 e. The van der Waals surface area contributed by atoms with E-state index in [1.807, 2.05) is 27.7 Å². The number of carbonyl (C=O) groups is 1. The standard InChI is InChI=1S/C10H12O3.C2H6/c1-6-4-8(10(11)12)9(13-3)5-7(6)2;1-2/h4-5H,1-3H3,(H,11,12);1-2H3. The lowest BCUT2D eigenvalue weighted by Gasteiger charge is -2.07. The van der Waals surface area contributed by atoms with Crippen LogP contribution in [0, 0.1) is 13.8 Å². The third-order valence-corrected chi connectivity index (χ3v) is 2.05. The van der Waals surface area contributed by atoms with E-state index in [1.54, 1.807) is 12.1 Å². The molecule has 1 N–H and O–H groups in total. The molecule has 0 heterocycles. The van der Waals surface area contributed by atoms with Gasteiger partial charge in [-0.05, 0) is 37.1 Å². The van der Waals surface area contributed by atoms with Crippen LogP contribution in [-0.4, -0.2) is 18.2 Å². The van der Waals surface area contributed by atoms with Crippen molar-refractivity contribution in [3.63, 3.8) is 0 Å². The van der Waals surface area contributed by atoms with E-state index in [1.165, 1.54) is 7.11 Å². The molecule has 0 aliphatic rings. The van der Waals surface area contributed by atoms with Crippen LogP contribution in [0.1, 0.15) is 35.3 Å². The fourth-order valence-corrected chi connectivity index (χ4v) is 1.13. The molecule has 1 rings (SSSR count). The van der Waals surface area contributed by atoms with E-state index in [0.29, 0.717) is 5.75 Å². The van der Waals surface area contributed by atoms with Gasteiger partial charge >= 0.3 is 5.97 Å². The molecule has 0 saturated heterocycles. The van der Waals surface area contributed by atoms with E-state index in [4.69, 9.17) is 9.84 Å². The van der Waals surface area contributed by atoms with Crippen molar-refractivity contribution < 1.29 is 14.6 Å². The second-order valence-electron chi connectivity index (χ2n) is 2.94. The lowest BCUT2D eigenvalue weighted by atomic mass is 10.1. The summed E-state index contributed by atoms with van der Waals surface area (Å²) < 4.78 is 4.96. The molecule has 0 bridgehead atoms. The van der Waals surface area contributed by atoms with Crippen molar-refractivity contribution in [2.45, 2.75) is 27.7 Å². The Hall–Kier alpha value is -1.51. The molecule has 1 aromatic carbocycles. The summed E-state index contributed by atoms with van der Waals surface area (Å²) in [5.74, 6) is -0.546. The number of rotatable bonds is 2. The van der Waals surface area contributed by atoms with Crippen LogP contribution in [0.4, 0.5) is 0 Å². The van der Waals surface area contributed by atoms with Crippen molar-refractivity contribution in [3.05, 3.63) is 28.8 Å². The third-order valence-electron chi connectivity index (χ3n) is 2.05. The van der Waals surface area contributed by atoms with Crippen molar-refractivity contribution in [3.8, 4) is 5.75 Å². The van der Waals surface area contributed by atoms with Gasteiger partial charge in [0.2, 0.25) is 0 Å². The van der Waals surface area contributed by atoms with Gasteiger partial charge in [-0.25, -0.2) is 4.79 Å². The first-order valence-electron chi connectivity index (χ1n) is 4.94. The van der Waals surface area contributed by atoms with Gasteiger partial charge in [0.05, 0.1) is 7.11 Å². The lowest BCUT2D eigenvalue weighted by Crippen LogP contribution is -2.01. The van der Waals surface area contributed by atoms with Crippen LogP contribution >= 0.6 is 0 Å². The summed E-state index contributed by atoms with van der Waals surface area (Å²) in [6, 6.07) is 3.36. The summed E-state index contributed by atoms with van der Waals surface area (Å²) >= 11 is 0.